The molecule has 0 atom stereocenters. The fourth-order valence-electron chi connectivity index (χ4n) is 1.40. The maximum Gasteiger partial charge on any atom is 0.335 e. The maximum atomic E-state index is 11.5. The molecular weight excluding hydrogens is 236 g/mol. The van der Waals surface area contributed by atoms with Crippen LogP contribution in [0.4, 0.5) is 0 Å². The van der Waals surface area contributed by atoms with E-state index >= 15 is 0 Å². The second-order valence-corrected chi connectivity index (χ2v) is 3.54. The van der Waals surface area contributed by atoms with E-state index in [0.29, 0.717) is 5.56 Å². The van der Waals surface area contributed by atoms with Gasteiger partial charge in [-0.05, 0) is 17.7 Å². The average Bonchev–Trinajstić information content (AvgIpc) is 2.90. The van der Waals surface area contributed by atoms with Crippen LogP contribution in [0.15, 0.2) is 30.5 Å². The lowest BCUT2D eigenvalue weighted by Crippen LogP contribution is -2.23. The van der Waals surface area contributed by atoms with Crippen molar-refractivity contribution in [3.05, 3.63) is 47.3 Å². The van der Waals surface area contributed by atoms with E-state index in [1.807, 2.05) is 0 Å². The first kappa shape index (κ1) is 11.8. The highest BCUT2D eigenvalue weighted by molar-refractivity contribution is 5.91. The van der Waals surface area contributed by atoms with Crippen LogP contribution in [0.3, 0.4) is 0 Å². The smallest absolute Gasteiger partial charge is 0.335 e. The Bertz CT molecular complexity index is 565. The Balaban J connectivity index is 2.00. The standard InChI is InChI=1S/C11H10N4O3/c16-10(9-6-13-15-14-9)12-5-7-2-1-3-8(4-7)11(17)18/h1-4,6H,5H2,(H,12,16)(H,17,18)(H,13,14,15). The number of carbonyl (C=O) groups is 2. The Morgan fingerprint density at radius 3 is 2.89 bits per heavy atom. The molecule has 0 aliphatic rings. The normalized spacial score (nSPS) is 10.0. The van der Waals surface area contributed by atoms with Crippen molar-refractivity contribution in [2.45, 2.75) is 6.54 Å². The molecule has 0 radical (unpaired) electrons. The summed E-state index contributed by atoms with van der Waals surface area (Å²) in [6, 6.07) is 6.35. The lowest BCUT2D eigenvalue weighted by molar-refractivity contribution is 0.0696. The predicted molar refractivity (Wildman–Crippen MR) is 61.0 cm³/mol. The maximum absolute atomic E-state index is 11.5. The molecule has 2 aromatic rings. The molecule has 2 rings (SSSR count). The van der Waals surface area contributed by atoms with Gasteiger partial charge in [-0.2, -0.15) is 15.4 Å². The number of benzene rings is 1. The molecule has 1 aromatic heterocycles. The molecule has 0 aliphatic heterocycles. The molecule has 1 amide bonds. The first-order chi connectivity index (χ1) is 8.66. The minimum Gasteiger partial charge on any atom is -0.478 e. The van der Waals surface area contributed by atoms with E-state index in [1.54, 1.807) is 12.1 Å². The van der Waals surface area contributed by atoms with Gasteiger partial charge in [-0.3, -0.25) is 4.79 Å². The van der Waals surface area contributed by atoms with E-state index in [4.69, 9.17) is 5.11 Å². The molecule has 0 aliphatic carbocycles. The molecule has 0 saturated carbocycles. The first-order valence-corrected chi connectivity index (χ1v) is 5.13. The Kier molecular flexibility index (Phi) is 3.33. The van der Waals surface area contributed by atoms with E-state index in [1.165, 1.54) is 18.3 Å². The number of hydrogen-bond donors (Lipinski definition) is 3. The van der Waals surface area contributed by atoms with Crippen LogP contribution >= 0.6 is 0 Å². The summed E-state index contributed by atoms with van der Waals surface area (Å²) in [5, 5.41) is 20.9. The van der Waals surface area contributed by atoms with E-state index in [2.05, 4.69) is 20.7 Å². The van der Waals surface area contributed by atoms with Crippen LogP contribution in [0.5, 0.6) is 0 Å². The number of hydrogen-bond acceptors (Lipinski definition) is 4. The minimum atomic E-state index is -1.00. The summed E-state index contributed by atoms with van der Waals surface area (Å²) in [6.07, 6.45) is 1.31. The van der Waals surface area contributed by atoms with Gasteiger partial charge in [0.25, 0.3) is 5.91 Å². The van der Waals surface area contributed by atoms with Gasteiger partial charge in [0.2, 0.25) is 0 Å². The number of rotatable bonds is 4. The second kappa shape index (κ2) is 5.09. The lowest BCUT2D eigenvalue weighted by atomic mass is 10.1. The summed E-state index contributed by atoms with van der Waals surface area (Å²) in [7, 11) is 0. The highest BCUT2D eigenvalue weighted by atomic mass is 16.4. The zero-order chi connectivity index (χ0) is 13.0. The number of nitrogens with zero attached hydrogens (tertiary/aromatic N) is 2. The van der Waals surface area contributed by atoms with Crippen molar-refractivity contribution < 1.29 is 14.7 Å². The van der Waals surface area contributed by atoms with Crippen LogP contribution in [0.1, 0.15) is 26.4 Å². The zero-order valence-corrected chi connectivity index (χ0v) is 9.25. The Morgan fingerprint density at radius 2 is 2.22 bits per heavy atom. The molecule has 7 heteroatoms. The fourth-order valence-corrected chi connectivity index (χ4v) is 1.40. The summed E-state index contributed by atoms with van der Waals surface area (Å²) < 4.78 is 0. The molecule has 18 heavy (non-hydrogen) atoms. The van der Waals surface area contributed by atoms with E-state index in [-0.39, 0.29) is 23.7 Å². The number of carboxylic acids is 1. The lowest BCUT2D eigenvalue weighted by Gasteiger charge is -2.04. The van der Waals surface area contributed by atoms with Gasteiger partial charge in [-0.15, -0.1) is 0 Å². The summed E-state index contributed by atoms with van der Waals surface area (Å²) >= 11 is 0. The number of aromatic carboxylic acids is 1. The van der Waals surface area contributed by atoms with E-state index in [9.17, 15) is 9.59 Å². The van der Waals surface area contributed by atoms with Gasteiger partial charge in [-0.25, -0.2) is 4.79 Å². The van der Waals surface area contributed by atoms with E-state index in [0.717, 1.165) is 0 Å². The quantitative estimate of drug-likeness (QED) is 0.725. The topological polar surface area (TPSA) is 108 Å². The zero-order valence-electron chi connectivity index (χ0n) is 9.25. The van der Waals surface area contributed by atoms with Crippen LogP contribution in [0.25, 0.3) is 0 Å². The molecule has 0 unspecified atom stereocenters. The van der Waals surface area contributed by atoms with Crippen LogP contribution < -0.4 is 5.32 Å². The Morgan fingerprint density at radius 1 is 1.39 bits per heavy atom. The van der Waals surface area contributed by atoms with Crippen molar-refractivity contribution in [1.29, 1.82) is 0 Å². The first-order valence-electron chi connectivity index (χ1n) is 5.13. The Hall–Kier alpha value is -2.70. The summed E-state index contributed by atoms with van der Waals surface area (Å²) in [5.41, 5.74) is 1.07. The van der Waals surface area contributed by atoms with Gasteiger partial charge in [0.15, 0.2) is 5.69 Å². The third-order valence-electron chi connectivity index (χ3n) is 2.27. The predicted octanol–water partition coefficient (Wildman–Crippen LogP) is 0.433. The van der Waals surface area contributed by atoms with E-state index < -0.39 is 5.97 Å². The molecule has 0 fully saturated rings. The molecule has 7 nitrogen and oxygen atoms in total. The summed E-state index contributed by atoms with van der Waals surface area (Å²) in [5.74, 6) is -1.37. The van der Waals surface area contributed by atoms with Gasteiger partial charge in [0.1, 0.15) is 0 Å². The third-order valence-corrected chi connectivity index (χ3v) is 2.27. The monoisotopic (exact) mass is 246 g/mol. The van der Waals surface area contributed by atoms with Gasteiger partial charge in [0, 0.05) is 6.54 Å². The average molecular weight is 246 g/mol. The number of carbonyl (C=O) groups excluding carboxylic acids is 1. The number of amides is 1. The Labute approximate surface area is 102 Å². The number of carboxylic acid groups (broad SMARTS) is 1. The van der Waals surface area contributed by atoms with Crippen LogP contribution in [-0.4, -0.2) is 32.4 Å². The minimum absolute atomic E-state index is 0.184. The second-order valence-electron chi connectivity index (χ2n) is 3.54. The molecule has 1 heterocycles. The third kappa shape index (κ3) is 2.70. The van der Waals surface area contributed by atoms with Crippen molar-refractivity contribution >= 4 is 11.9 Å². The van der Waals surface area contributed by atoms with Gasteiger partial charge in [-0.1, -0.05) is 12.1 Å². The van der Waals surface area contributed by atoms with Crippen molar-refractivity contribution in [2.24, 2.45) is 0 Å². The molecular formula is C11H10N4O3. The molecule has 0 spiro atoms. The summed E-state index contributed by atoms with van der Waals surface area (Å²) in [6.45, 7) is 0.229. The fraction of sp³-hybridized carbons (Fsp3) is 0.0909. The molecule has 3 N–H and O–H groups in total. The molecule has 92 valence electrons. The largest absolute Gasteiger partial charge is 0.478 e. The van der Waals surface area contributed by atoms with Crippen molar-refractivity contribution in [1.82, 2.24) is 20.7 Å². The number of H-pyrrole nitrogens is 1. The van der Waals surface area contributed by atoms with Crippen LogP contribution in [-0.2, 0) is 6.54 Å². The van der Waals surface area contributed by atoms with Crippen LogP contribution in [0, 0.1) is 0 Å². The van der Waals surface area contributed by atoms with Crippen molar-refractivity contribution in [3.8, 4) is 0 Å². The molecule has 0 bridgehead atoms. The van der Waals surface area contributed by atoms with Gasteiger partial charge >= 0.3 is 5.97 Å². The number of nitrogens with one attached hydrogen (secondary N) is 2. The number of aromatic amines is 1. The van der Waals surface area contributed by atoms with Crippen LogP contribution in [0.2, 0.25) is 0 Å². The highest BCUT2D eigenvalue weighted by Gasteiger charge is 2.08. The van der Waals surface area contributed by atoms with Crippen molar-refractivity contribution in [3.63, 3.8) is 0 Å². The highest BCUT2D eigenvalue weighted by Crippen LogP contribution is 2.05. The molecule has 0 saturated heterocycles. The van der Waals surface area contributed by atoms with Gasteiger partial charge < -0.3 is 10.4 Å². The summed E-state index contributed by atoms with van der Waals surface area (Å²) in [4.78, 5) is 22.3. The SMILES string of the molecule is O=C(O)c1cccc(CNC(=O)c2cn[nH]n2)c1. The van der Waals surface area contributed by atoms with Crippen molar-refractivity contribution in [2.75, 3.05) is 0 Å². The number of aromatic nitrogens is 3. The molecule has 1 aromatic carbocycles. The van der Waals surface area contributed by atoms with Gasteiger partial charge in [0.05, 0.1) is 11.8 Å².